The van der Waals surface area contributed by atoms with Crippen molar-refractivity contribution in [3.63, 3.8) is 0 Å². The average molecular weight is 217 g/mol. The lowest BCUT2D eigenvalue weighted by atomic mass is 10.1. The molecule has 2 aromatic rings. The molecule has 2 rings (SSSR count). The van der Waals surface area contributed by atoms with E-state index in [1.807, 2.05) is 13.0 Å². The molecule has 0 atom stereocenters. The van der Waals surface area contributed by atoms with Gasteiger partial charge in [-0.05, 0) is 24.6 Å². The number of ether oxygens (including phenoxy) is 1. The first-order valence-corrected chi connectivity index (χ1v) is 4.80. The maximum atomic E-state index is 11.4. The van der Waals surface area contributed by atoms with E-state index in [1.165, 1.54) is 13.2 Å². The molecule has 1 heterocycles. The van der Waals surface area contributed by atoms with Gasteiger partial charge in [-0.15, -0.1) is 0 Å². The molecule has 4 heteroatoms. The number of hydrogen-bond donors (Lipinski definition) is 1. The van der Waals surface area contributed by atoms with Crippen molar-refractivity contribution in [1.29, 1.82) is 0 Å². The number of rotatable bonds is 1. The van der Waals surface area contributed by atoms with Crippen LogP contribution in [0.15, 0.2) is 24.4 Å². The van der Waals surface area contributed by atoms with E-state index >= 15 is 0 Å². The Morgan fingerprint density at radius 2 is 2.12 bits per heavy atom. The molecular weight excluding hydrogens is 206 g/mol. The van der Waals surface area contributed by atoms with Crippen molar-refractivity contribution in [2.45, 2.75) is 6.92 Å². The van der Waals surface area contributed by atoms with Crippen LogP contribution in [0, 0.1) is 6.92 Å². The molecule has 0 aliphatic carbocycles. The molecule has 0 fully saturated rings. The van der Waals surface area contributed by atoms with E-state index in [-0.39, 0.29) is 11.3 Å². The van der Waals surface area contributed by atoms with Crippen LogP contribution in [-0.2, 0) is 4.74 Å². The SMILES string of the molecule is COC(=O)c1ccc2c(C)ccnc2c1O. The lowest BCUT2D eigenvalue weighted by Gasteiger charge is -2.06. The zero-order valence-electron chi connectivity index (χ0n) is 9.02. The average Bonchev–Trinajstić information content (AvgIpc) is 2.30. The van der Waals surface area contributed by atoms with Gasteiger partial charge < -0.3 is 9.84 Å². The van der Waals surface area contributed by atoms with Gasteiger partial charge in [0, 0.05) is 11.6 Å². The fourth-order valence-corrected chi connectivity index (χ4v) is 1.62. The number of aromatic hydroxyl groups is 1. The van der Waals surface area contributed by atoms with Gasteiger partial charge in [0.15, 0.2) is 5.75 Å². The summed E-state index contributed by atoms with van der Waals surface area (Å²) >= 11 is 0. The number of methoxy groups -OCH3 is 1. The van der Waals surface area contributed by atoms with Gasteiger partial charge in [0.25, 0.3) is 0 Å². The number of hydrogen-bond acceptors (Lipinski definition) is 4. The maximum absolute atomic E-state index is 11.4. The highest BCUT2D eigenvalue weighted by atomic mass is 16.5. The number of pyridine rings is 1. The number of carbonyl (C=O) groups is 1. The highest BCUT2D eigenvalue weighted by Gasteiger charge is 2.15. The molecule has 0 aliphatic rings. The molecule has 1 aromatic carbocycles. The normalized spacial score (nSPS) is 10.4. The number of phenols is 1. The molecule has 0 saturated carbocycles. The molecule has 0 aliphatic heterocycles. The number of benzene rings is 1. The largest absolute Gasteiger partial charge is 0.505 e. The van der Waals surface area contributed by atoms with Crippen LogP contribution >= 0.6 is 0 Å². The maximum Gasteiger partial charge on any atom is 0.341 e. The molecule has 4 nitrogen and oxygen atoms in total. The van der Waals surface area contributed by atoms with E-state index in [0.29, 0.717) is 5.52 Å². The summed E-state index contributed by atoms with van der Waals surface area (Å²) in [4.78, 5) is 15.4. The third-order valence-electron chi connectivity index (χ3n) is 2.51. The summed E-state index contributed by atoms with van der Waals surface area (Å²) in [5.41, 5.74) is 1.55. The second-order valence-corrected chi connectivity index (χ2v) is 3.48. The summed E-state index contributed by atoms with van der Waals surface area (Å²) < 4.78 is 4.57. The van der Waals surface area contributed by atoms with Crippen LogP contribution in [0.25, 0.3) is 10.9 Å². The smallest absolute Gasteiger partial charge is 0.341 e. The van der Waals surface area contributed by atoms with E-state index in [9.17, 15) is 9.90 Å². The van der Waals surface area contributed by atoms with Crippen LogP contribution in [-0.4, -0.2) is 23.2 Å². The third kappa shape index (κ3) is 1.48. The van der Waals surface area contributed by atoms with Crippen LogP contribution in [0.2, 0.25) is 0 Å². The highest BCUT2D eigenvalue weighted by Crippen LogP contribution is 2.28. The second kappa shape index (κ2) is 3.81. The zero-order chi connectivity index (χ0) is 11.7. The highest BCUT2D eigenvalue weighted by molar-refractivity contribution is 6.00. The fourth-order valence-electron chi connectivity index (χ4n) is 1.62. The van der Waals surface area contributed by atoms with Gasteiger partial charge in [0.05, 0.1) is 7.11 Å². The lowest BCUT2D eigenvalue weighted by Crippen LogP contribution is -2.02. The monoisotopic (exact) mass is 217 g/mol. The Labute approximate surface area is 92.5 Å². The predicted molar refractivity (Wildman–Crippen MR) is 59.5 cm³/mol. The molecular formula is C12H11NO3. The first kappa shape index (κ1) is 10.4. The molecule has 1 aromatic heterocycles. The Balaban J connectivity index is 2.75. The van der Waals surface area contributed by atoms with Crippen molar-refractivity contribution in [3.8, 4) is 5.75 Å². The van der Waals surface area contributed by atoms with E-state index in [4.69, 9.17) is 0 Å². The van der Waals surface area contributed by atoms with Gasteiger partial charge >= 0.3 is 5.97 Å². The van der Waals surface area contributed by atoms with Gasteiger partial charge in [0.1, 0.15) is 11.1 Å². The first-order valence-electron chi connectivity index (χ1n) is 4.80. The van der Waals surface area contributed by atoms with Crippen molar-refractivity contribution in [3.05, 3.63) is 35.5 Å². The van der Waals surface area contributed by atoms with Gasteiger partial charge in [-0.25, -0.2) is 4.79 Å². The van der Waals surface area contributed by atoms with Gasteiger partial charge in [-0.1, -0.05) is 6.07 Å². The Kier molecular flexibility index (Phi) is 2.48. The molecule has 16 heavy (non-hydrogen) atoms. The van der Waals surface area contributed by atoms with E-state index < -0.39 is 5.97 Å². The standard InChI is InChI=1S/C12H11NO3/c1-7-5-6-13-10-8(7)3-4-9(11(10)14)12(15)16-2/h3-6,14H,1-2H3. The first-order chi connectivity index (χ1) is 7.65. The number of esters is 1. The van der Waals surface area contributed by atoms with E-state index in [0.717, 1.165) is 10.9 Å². The number of phenolic OH excluding ortho intramolecular Hbond substituents is 1. The van der Waals surface area contributed by atoms with Crippen molar-refractivity contribution in [1.82, 2.24) is 4.98 Å². The molecule has 0 bridgehead atoms. The molecule has 0 unspecified atom stereocenters. The Morgan fingerprint density at radius 3 is 2.81 bits per heavy atom. The summed E-state index contributed by atoms with van der Waals surface area (Å²) in [6.07, 6.45) is 1.60. The Bertz CT molecular complexity index is 563. The molecule has 0 spiro atoms. The van der Waals surface area contributed by atoms with Crippen molar-refractivity contribution in [2.75, 3.05) is 7.11 Å². The van der Waals surface area contributed by atoms with Crippen LogP contribution in [0.3, 0.4) is 0 Å². The minimum Gasteiger partial charge on any atom is -0.505 e. The Hall–Kier alpha value is -2.10. The molecule has 0 amide bonds. The second-order valence-electron chi connectivity index (χ2n) is 3.48. The van der Waals surface area contributed by atoms with Crippen LogP contribution in [0.4, 0.5) is 0 Å². The van der Waals surface area contributed by atoms with Gasteiger partial charge in [0.2, 0.25) is 0 Å². The predicted octanol–water partition coefficient (Wildman–Crippen LogP) is 2.04. The van der Waals surface area contributed by atoms with Crippen LogP contribution in [0.1, 0.15) is 15.9 Å². The number of nitrogens with zero attached hydrogens (tertiary/aromatic N) is 1. The van der Waals surface area contributed by atoms with Crippen molar-refractivity contribution < 1.29 is 14.6 Å². The Morgan fingerprint density at radius 1 is 1.38 bits per heavy atom. The van der Waals surface area contributed by atoms with Gasteiger partial charge in [-0.3, -0.25) is 4.98 Å². The van der Waals surface area contributed by atoms with Crippen molar-refractivity contribution in [2.24, 2.45) is 0 Å². The number of carbonyl (C=O) groups excluding carboxylic acids is 1. The summed E-state index contributed by atoms with van der Waals surface area (Å²) in [7, 11) is 1.27. The third-order valence-corrected chi connectivity index (χ3v) is 2.51. The summed E-state index contributed by atoms with van der Waals surface area (Å²) in [5, 5.41) is 10.7. The molecule has 82 valence electrons. The number of fused-ring (bicyclic) bond motifs is 1. The molecule has 0 radical (unpaired) electrons. The summed E-state index contributed by atoms with van der Waals surface area (Å²) in [6, 6.07) is 5.14. The van der Waals surface area contributed by atoms with Gasteiger partial charge in [-0.2, -0.15) is 0 Å². The van der Waals surface area contributed by atoms with E-state index in [1.54, 1.807) is 12.3 Å². The molecule has 1 N–H and O–H groups in total. The van der Waals surface area contributed by atoms with Crippen LogP contribution < -0.4 is 0 Å². The minimum atomic E-state index is -0.567. The van der Waals surface area contributed by atoms with Crippen molar-refractivity contribution >= 4 is 16.9 Å². The van der Waals surface area contributed by atoms with Crippen LogP contribution in [0.5, 0.6) is 5.75 Å². The summed E-state index contributed by atoms with van der Waals surface area (Å²) in [5.74, 6) is -0.698. The summed E-state index contributed by atoms with van der Waals surface area (Å²) in [6.45, 7) is 1.92. The zero-order valence-corrected chi connectivity index (χ0v) is 9.02. The molecule has 0 saturated heterocycles. The minimum absolute atomic E-state index is 0.131. The lowest BCUT2D eigenvalue weighted by molar-refractivity contribution is 0.0597. The quantitative estimate of drug-likeness (QED) is 0.742. The number of aryl methyl sites for hydroxylation is 1. The number of aromatic nitrogens is 1. The fraction of sp³-hybridized carbons (Fsp3) is 0.167. The van der Waals surface area contributed by atoms with E-state index in [2.05, 4.69) is 9.72 Å². The topological polar surface area (TPSA) is 59.4 Å².